The molecule has 0 amide bonds. The Kier molecular flexibility index (Phi) is 6.54. The molecule has 0 aliphatic rings. The van der Waals surface area contributed by atoms with Gasteiger partial charge in [-0.15, -0.1) is 0 Å². The third-order valence-corrected chi connectivity index (χ3v) is 3.68. The third-order valence-electron chi connectivity index (χ3n) is 3.68. The summed E-state index contributed by atoms with van der Waals surface area (Å²) in [5.41, 5.74) is 7.84. The first-order valence-corrected chi connectivity index (χ1v) is 7.43. The van der Waals surface area contributed by atoms with Crippen molar-refractivity contribution in [2.75, 3.05) is 30.3 Å². The average Bonchev–Trinajstić information content (AvgIpc) is 2.43. The molecule has 0 aromatic heterocycles. The molecule has 0 heterocycles. The molecule has 1 rings (SSSR count). The number of hydrogen-bond acceptors (Lipinski definition) is 3. The van der Waals surface area contributed by atoms with Crippen LogP contribution < -0.4 is 15.4 Å². The molecule has 0 aliphatic carbocycles. The summed E-state index contributed by atoms with van der Waals surface area (Å²) in [6, 6.07) is 6.09. The van der Waals surface area contributed by atoms with E-state index in [1.54, 1.807) is 0 Å². The zero-order chi connectivity index (χ0) is 14.3. The van der Waals surface area contributed by atoms with E-state index in [1.165, 1.54) is 18.5 Å². The molecule has 0 saturated carbocycles. The summed E-state index contributed by atoms with van der Waals surface area (Å²) >= 11 is 0. The number of nitrogen functional groups attached to an aromatic ring is 1. The normalized spacial score (nSPS) is 10.8. The lowest BCUT2D eigenvalue weighted by molar-refractivity contribution is 0.342. The van der Waals surface area contributed by atoms with Gasteiger partial charge in [0.25, 0.3) is 0 Å². The van der Waals surface area contributed by atoms with Gasteiger partial charge in [0.2, 0.25) is 0 Å². The van der Waals surface area contributed by atoms with E-state index in [0.717, 1.165) is 24.8 Å². The summed E-state index contributed by atoms with van der Waals surface area (Å²) in [4.78, 5) is 2.40. The quantitative estimate of drug-likeness (QED) is 0.723. The van der Waals surface area contributed by atoms with E-state index in [2.05, 4.69) is 37.8 Å². The van der Waals surface area contributed by atoms with E-state index in [-0.39, 0.29) is 0 Å². The van der Waals surface area contributed by atoms with Crippen molar-refractivity contribution in [1.82, 2.24) is 0 Å². The second kappa shape index (κ2) is 7.93. The van der Waals surface area contributed by atoms with Crippen molar-refractivity contribution in [3.05, 3.63) is 18.2 Å². The van der Waals surface area contributed by atoms with E-state index in [4.69, 9.17) is 10.5 Å². The molecule has 0 saturated heterocycles. The van der Waals surface area contributed by atoms with Crippen LogP contribution in [-0.2, 0) is 0 Å². The lowest BCUT2D eigenvalue weighted by Gasteiger charge is -2.28. The summed E-state index contributed by atoms with van der Waals surface area (Å²) < 4.78 is 5.58. The van der Waals surface area contributed by atoms with Crippen molar-refractivity contribution in [1.29, 1.82) is 0 Å². The third kappa shape index (κ3) is 4.34. The zero-order valence-corrected chi connectivity index (χ0v) is 12.8. The van der Waals surface area contributed by atoms with Crippen LogP contribution in [0.15, 0.2) is 18.2 Å². The Labute approximate surface area is 117 Å². The molecule has 0 unspecified atom stereocenters. The van der Waals surface area contributed by atoms with Gasteiger partial charge in [-0.3, -0.25) is 0 Å². The predicted molar refractivity (Wildman–Crippen MR) is 84.0 cm³/mol. The van der Waals surface area contributed by atoms with Gasteiger partial charge in [0.05, 0.1) is 12.3 Å². The van der Waals surface area contributed by atoms with Crippen LogP contribution in [0.1, 0.15) is 40.5 Å². The topological polar surface area (TPSA) is 38.5 Å². The van der Waals surface area contributed by atoms with Gasteiger partial charge < -0.3 is 15.4 Å². The predicted octanol–water partition coefficient (Wildman–Crippen LogP) is 3.93. The maximum absolute atomic E-state index is 5.93. The summed E-state index contributed by atoms with van der Waals surface area (Å²) in [6.07, 6.45) is 2.45. The number of ether oxygens (including phenoxy) is 1. The van der Waals surface area contributed by atoms with Gasteiger partial charge in [-0.2, -0.15) is 0 Å². The molecular formula is C16H28N2O. The van der Waals surface area contributed by atoms with Gasteiger partial charge in [0.15, 0.2) is 0 Å². The van der Waals surface area contributed by atoms with Gasteiger partial charge in [-0.25, -0.2) is 0 Å². The summed E-state index contributed by atoms with van der Waals surface area (Å²) in [6.45, 7) is 11.4. The molecule has 0 aliphatic heterocycles. The van der Waals surface area contributed by atoms with Crippen molar-refractivity contribution >= 4 is 11.4 Å². The van der Waals surface area contributed by atoms with E-state index in [1.807, 2.05) is 13.0 Å². The van der Waals surface area contributed by atoms with Crippen LogP contribution in [0.3, 0.4) is 0 Å². The van der Waals surface area contributed by atoms with Gasteiger partial charge in [0, 0.05) is 24.8 Å². The van der Waals surface area contributed by atoms with Gasteiger partial charge in [-0.1, -0.05) is 26.7 Å². The maximum atomic E-state index is 5.93. The number of nitrogens with zero attached hydrogens (tertiary/aromatic N) is 1. The summed E-state index contributed by atoms with van der Waals surface area (Å²) in [5.74, 6) is 1.54. The summed E-state index contributed by atoms with van der Waals surface area (Å²) in [7, 11) is 0. The fourth-order valence-electron chi connectivity index (χ4n) is 2.28. The molecule has 2 N–H and O–H groups in total. The molecule has 108 valence electrons. The van der Waals surface area contributed by atoms with Gasteiger partial charge in [0.1, 0.15) is 5.75 Å². The fraction of sp³-hybridized carbons (Fsp3) is 0.625. The highest BCUT2D eigenvalue weighted by atomic mass is 16.5. The van der Waals surface area contributed by atoms with Gasteiger partial charge in [-0.05, 0) is 31.9 Å². The van der Waals surface area contributed by atoms with Crippen LogP contribution >= 0.6 is 0 Å². The van der Waals surface area contributed by atoms with Crippen LogP contribution in [-0.4, -0.2) is 19.7 Å². The Morgan fingerprint density at radius 3 is 2.37 bits per heavy atom. The second-order valence-electron chi connectivity index (χ2n) is 4.88. The molecule has 19 heavy (non-hydrogen) atoms. The average molecular weight is 264 g/mol. The number of hydrogen-bond donors (Lipinski definition) is 1. The maximum Gasteiger partial charge on any atom is 0.144 e. The van der Waals surface area contributed by atoms with Crippen LogP contribution in [0.5, 0.6) is 5.75 Å². The zero-order valence-electron chi connectivity index (χ0n) is 12.8. The monoisotopic (exact) mass is 264 g/mol. The van der Waals surface area contributed by atoms with Crippen molar-refractivity contribution in [2.45, 2.75) is 40.5 Å². The number of nitrogens with two attached hydrogens (primary N) is 1. The second-order valence-corrected chi connectivity index (χ2v) is 4.88. The van der Waals surface area contributed by atoms with E-state index < -0.39 is 0 Å². The molecule has 0 fully saturated rings. The molecule has 3 heteroatoms. The van der Waals surface area contributed by atoms with Crippen LogP contribution in [0.2, 0.25) is 0 Å². The minimum atomic E-state index is 0.645. The van der Waals surface area contributed by atoms with Crippen molar-refractivity contribution in [2.24, 2.45) is 5.92 Å². The number of benzene rings is 1. The number of anilines is 2. The van der Waals surface area contributed by atoms with E-state index in [0.29, 0.717) is 12.3 Å². The van der Waals surface area contributed by atoms with Crippen molar-refractivity contribution < 1.29 is 4.74 Å². The number of rotatable bonds is 8. The first kappa shape index (κ1) is 15.7. The molecule has 1 aromatic carbocycles. The molecule has 0 atom stereocenters. The Bertz CT molecular complexity index is 375. The van der Waals surface area contributed by atoms with Crippen LogP contribution in [0, 0.1) is 5.92 Å². The highest BCUT2D eigenvalue weighted by molar-refractivity contribution is 5.62. The largest absolute Gasteiger partial charge is 0.492 e. The molecule has 0 radical (unpaired) electrons. The first-order valence-electron chi connectivity index (χ1n) is 7.43. The molecule has 3 nitrogen and oxygen atoms in total. The Hall–Kier alpha value is -1.38. The van der Waals surface area contributed by atoms with Crippen LogP contribution in [0.25, 0.3) is 0 Å². The summed E-state index contributed by atoms with van der Waals surface area (Å²) in [5, 5.41) is 0. The first-order chi connectivity index (χ1) is 9.15. The molecule has 0 spiro atoms. The minimum Gasteiger partial charge on any atom is -0.492 e. The highest BCUT2D eigenvalue weighted by Crippen LogP contribution is 2.28. The Balaban J connectivity index is 2.88. The smallest absolute Gasteiger partial charge is 0.144 e. The molecular weight excluding hydrogens is 236 g/mol. The fourth-order valence-corrected chi connectivity index (χ4v) is 2.28. The molecule has 1 aromatic rings. The highest BCUT2D eigenvalue weighted by Gasteiger charge is 2.12. The van der Waals surface area contributed by atoms with E-state index in [9.17, 15) is 0 Å². The van der Waals surface area contributed by atoms with E-state index >= 15 is 0 Å². The minimum absolute atomic E-state index is 0.645. The lowest BCUT2D eigenvalue weighted by Crippen LogP contribution is -2.29. The Morgan fingerprint density at radius 2 is 1.84 bits per heavy atom. The van der Waals surface area contributed by atoms with Gasteiger partial charge >= 0.3 is 0 Å². The van der Waals surface area contributed by atoms with Crippen molar-refractivity contribution in [3.8, 4) is 5.75 Å². The van der Waals surface area contributed by atoms with Crippen molar-refractivity contribution in [3.63, 3.8) is 0 Å². The molecule has 0 bridgehead atoms. The SMILES string of the molecule is CCOc1cc(N(CC)CC(CC)CC)ccc1N. The standard InChI is InChI=1S/C16H28N2O/c1-5-13(6-2)12-18(7-3)14-9-10-15(17)16(11-14)19-8-4/h9-11,13H,5-8,12,17H2,1-4H3. The Morgan fingerprint density at radius 1 is 1.16 bits per heavy atom. The van der Waals surface area contributed by atoms with Crippen LogP contribution in [0.4, 0.5) is 11.4 Å². The lowest BCUT2D eigenvalue weighted by atomic mass is 10.0.